The summed E-state index contributed by atoms with van der Waals surface area (Å²) in [6.45, 7) is 1.54. The van der Waals surface area contributed by atoms with E-state index in [9.17, 15) is 19.5 Å². The predicted octanol–water partition coefficient (Wildman–Crippen LogP) is 1.30. The number of hydrogen-bond donors (Lipinski definition) is 2. The fourth-order valence-electron chi connectivity index (χ4n) is 3.10. The van der Waals surface area contributed by atoms with E-state index in [1.54, 1.807) is 4.90 Å². The van der Waals surface area contributed by atoms with Crippen molar-refractivity contribution in [2.24, 2.45) is 5.92 Å². The van der Waals surface area contributed by atoms with E-state index in [1.807, 2.05) is 30.3 Å². The predicted molar refractivity (Wildman–Crippen MR) is 102 cm³/mol. The Kier molecular flexibility index (Phi) is 8.74. The number of carbonyl (C=O) groups excluding carboxylic acids is 2. The second-order valence-corrected chi connectivity index (χ2v) is 6.75. The van der Waals surface area contributed by atoms with Crippen LogP contribution < -0.4 is 10.1 Å². The molecule has 1 aliphatic rings. The van der Waals surface area contributed by atoms with E-state index < -0.39 is 12.0 Å². The van der Waals surface area contributed by atoms with Crippen LogP contribution in [0.2, 0.25) is 0 Å². The fourth-order valence-corrected chi connectivity index (χ4v) is 3.10. The molecule has 0 saturated carbocycles. The zero-order chi connectivity index (χ0) is 20.4. The average molecular weight is 392 g/mol. The number of carbonyl (C=O) groups is 3. The highest BCUT2D eigenvalue weighted by molar-refractivity contribution is 5.85. The summed E-state index contributed by atoms with van der Waals surface area (Å²) in [5.41, 5.74) is 0. The number of likely N-dealkylation sites (tertiary alicyclic amines) is 1. The molecular formula is C20H28N2O6. The number of carboxylic acid groups (broad SMARTS) is 1. The summed E-state index contributed by atoms with van der Waals surface area (Å²) in [4.78, 5) is 37.6. The Hall–Kier alpha value is -2.61. The fraction of sp³-hybridized carbons (Fsp3) is 0.550. The van der Waals surface area contributed by atoms with Gasteiger partial charge < -0.3 is 24.8 Å². The van der Waals surface area contributed by atoms with E-state index in [-0.39, 0.29) is 37.2 Å². The van der Waals surface area contributed by atoms with Gasteiger partial charge in [0.05, 0.1) is 13.0 Å². The Balaban J connectivity index is 1.71. The van der Waals surface area contributed by atoms with Crippen molar-refractivity contribution >= 4 is 17.8 Å². The van der Waals surface area contributed by atoms with Crippen LogP contribution >= 0.6 is 0 Å². The molecule has 2 N–H and O–H groups in total. The third kappa shape index (κ3) is 6.84. The maximum atomic E-state index is 12.3. The Labute approximate surface area is 164 Å². The van der Waals surface area contributed by atoms with Crippen molar-refractivity contribution in [3.8, 4) is 5.75 Å². The zero-order valence-corrected chi connectivity index (χ0v) is 16.1. The number of ether oxygens (including phenoxy) is 2. The molecule has 1 atom stereocenters. The third-order valence-corrected chi connectivity index (χ3v) is 4.77. The topological polar surface area (TPSA) is 105 Å². The first-order chi connectivity index (χ1) is 13.5. The number of methoxy groups -OCH3 is 1. The number of rotatable bonds is 10. The Bertz CT molecular complexity index is 643. The lowest BCUT2D eigenvalue weighted by atomic mass is 9.95. The van der Waals surface area contributed by atoms with E-state index >= 15 is 0 Å². The minimum Gasteiger partial charge on any atom is -0.493 e. The molecule has 1 unspecified atom stereocenters. The summed E-state index contributed by atoms with van der Waals surface area (Å²) in [7, 11) is 1.48. The van der Waals surface area contributed by atoms with Gasteiger partial charge in [-0.2, -0.15) is 0 Å². The van der Waals surface area contributed by atoms with Crippen molar-refractivity contribution < 1.29 is 29.0 Å². The molecule has 8 nitrogen and oxygen atoms in total. The van der Waals surface area contributed by atoms with Gasteiger partial charge in [0, 0.05) is 39.1 Å². The summed E-state index contributed by atoms with van der Waals surface area (Å²) in [5, 5.41) is 11.8. The standard InChI is InChI=1S/C20H28N2O6/c1-27-13-9-17(20(25)26)21-19(24)15-7-11-22(12-8-15)18(23)10-14-28-16-5-3-2-4-6-16/h2-6,15,17H,7-14H2,1H3,(H,21,24)(H,25,26). The molecule has 0 aromatic heterocycles. The van der Waals surface area contributed by atoms with Crippen LogP contribution in [0.15, 0.2) is 30.3 Å². The first-order valence-corrected chi connectivity index (χ1v) is 9.49. The van der Waals surface area contributed by atoms with Crippen LogP contribution in [0.1, 0.15) is 25.7 Å². The summed E-state index contributed by atoms with van der Waals surface area (Å²) in [6, 6.07) is 8.36. The van der Waals surface area contributed by atoms with Gasteiger partial charge in [-0.1, -0.05) is 18.2 Å². The molecule has 0 spiro atoms. The van der Waals surface area contributed by atoms with E-state index in [0.717, 1.165) is 5.75 Å². The molecule has 28 heavy (non-hydrogen) atoms. The van der Waals surface area contributed by atoms with Crippen LogP contribution in [0.5, 0.6) is 5.75 Å². The first kappa shape index (κ1) is 21.7. The highest BCUT2D eigenvalue weighted by atomic mass is 16.5. The number of nitrogens with one attached hydrogen (secondary N) is 1. The van der Waals surface area contributed by atoms with Crippen molar-refractivity contribution in [3.05, 3.63) is 30.3 Å². The first-order valence-electron chi connectivity index (χ1n) is 9.49. The van der Waals surface area contributed by atoms with E-state index in [0.29, 0.717) is 32.5 Å². The molecule has 0 aliphatic carbocycles. The smallest absolute Gasteiger partial charge is 0.326 e. The maximum Gasteiger partial charge on any atom is 0.326 e. The van der Waals surface area contributed by atoms with Crippen molar-refractivity contribution in [1.82, 2.24) is 10.2 Å². The molecule has 2 amide bonds. The zero-order valence-electron chi connectivity index (χ0n) is 16.1. The van der Waals surface area contributed by atoms with Gasteiger partial charge in [0.1, 0.15) is 11.8 Å². The van der Waals surface area contributed by atoms with E-state index in [4.69, 9.17) is 9.47 Å². The molecule has 1 aromatic rings. The van der Waals surface area contributed by atoms with Gasteiger partial charge in [-0.15, -0.1) is 0 Å². The monoisotopic (exact) mass is 392 g/mol. The van der Waals surface area contributed by atoms with Gasteiger partial charge in [-0.05, 0) is 25.0 Å². The number of benzene rings is 1. The quantitative estimate of drug-likeness (QED) is 0.622. The van der Waals surface area contributed by atoms with E-state index in [2.05, 4.69) is 5.32 Å². The molecule has 1 aromatic carbocycles. The van der Waals surface area contributed by atoms with Gasteiger partial charge in [-0.3, -0.25) is 9.59 Å². The molecule has 1 heterocycles. The van der Waals surface area contributed by atoms with Gasteiger partial charge in [-0.25, -0.2) is 4.79 Å². The molecule has 8 heteroatoms. The van der Waals surface area contributed by atoms with Crippen LogP contribution in [0.3, 0.4) is 0 Å². The molecule has 1 aliphatic heterocycles. The lowest BCUT2D eigenvalue weighted by Crippen LogP contribution is -2.48. The number of nitrogens with zero attached hydrogens (tertiary/aromatic N) is 1. The van der Waals surface area contributed by atoms with E-state index in [1.165, 1.54) is 7.11 Å². The van der Waals surface area contributed by atoms with Crippen LogP contribution in [0.4, 0.5) is 0 Å². The highest BCUT2D eigenvalue weighted by Crippen LogP contribution is 2.19. The molecule has 1 fully saturated rings. The minimum absolute atomic E-state index is 0.00158. The van der Waals surface area contributed by atoms with Gasteiger partial charge in [0.15, 0.2) is 0 Å². The van der Waals surface area contributed by atoms with Crippen molar-refractivity contribution in [2.45, 2.75) is 31.7 Å². The summed E-state index contributed by atoms with van der Waals surface area (Å²) in [6.07, 6.45) is 1.54. The number of para-hydroxylation sites is 1. The lowest BCUT2D eigenvalue weighted by molar-refractivity contribution is -0.143. The Morgan fingerprint density at radius 1 is 1.18 bits per heavy atom. The van der Waals surface area contributed by atoms with Crippen molar-refractivity contribution in [3.63, 3.8) is 0 Å². The highest BCUT2D eigenvalue weighted by Gasteiger charge is 2.29. The van der Waals surface area contributed by atoms with Crippen molar-refractivity contribution in [2.75, 3.05) is 33.4 Å². The maximum absolute atomic E-state index is 12.3. The van der Waals surface area contributed by atoms with Gasteiger partial charge in [0.2, 0.25) is 11.8 Å². The molecule has 1 saturated heterocycles. The largest absolute Gasteiger partial charge is 0.493 e. The van der Waals surface area contributed by atoms with Crippen LogP contribution in [-0.2, 0) is 19.1 Å². The Morgan fingerprint density at radius 2 is 1.86 bits per heavy atom. The number of aliphatic carboxylic acids is 1. The molecule has 0 radical (unpaired) electrons. The summed E-state index contributed by atoms with van der Waals surface area (Å²) >= 11 is 0. The number of piperidine rings is 1. The van der Waals surface area contributed by atoms with Crippen molar-refractivity contribution in [1.29, 1.82) is 0 Å². The number of carboxylic acids is 1. The Morgan fingerprint density at radius 3 is 2.46 bits per heavy atom. The van der Waals surface area contributed by atoms with Crippen LogP contribution in [-0.4, -0.2) is 67.2 Å². The molecule has 154 valence electrons. The number of hydrogen-bond acceptors (Lipinski definition) is 5. The number of amides is 2. The van der Waals surface area contributed by atoms with Gasteiger partial charge in [0.25, 0.3) is 0 Å². The lowest BCUT2D eigenvalue weighted by Gasteiger charge is -2.32. The molecular weight excluding hydrogens is 364 g/mol. The third-order valence-electron chi connectivity index (χ3n) is 4.77. The van der Waals surface area contributed by atoms with Gasteiger partial charge >= 0.3 is 5.97 Å². The SMILES string of the molecule is COCCC(NC(=O)C1CCN(C(=O)CCOc2ccccc2)CC1)C(=O)O. The normalized spacial score (nSPS) is 15.7. The summed E-state index contributed by atoms with van der Waals surface area (Å²) in [5.74, 6) is -0.904. The average Bonchev–Trinajstić information content (AvgIpc) is 2.71. The van der Waals surface area contributed by atoms with Crippen LogP contribution in [0.25, 0.3) is 0 Å². The minimum atomic E-state index is -1.07. The van der Waals surface area contributed by atoms with Crippen LogP contribution in [0, 0.1) is 5.92 Å². The molecule has 0 bridgehead atoms. The molecule has 2 rings (SSSR count). The second-order valence-electron chi connectivity index (χ2n) is 6.75. The summed E-state index contributed by atoms with van der Waals surface area (Å²) < 4.78 is 10.4. The second kappa shape index (κ2) is 11.3.